The molecule has 0 amide bonds. The number of anilines is 1. The SMILES string of the molecule is Clc1ccc(N=CC=C(Nc2ccc(Cl)cc2)c2ccc(Cl)cc2)cc1. The Labute approximate surface area is 167 Å². The van der Waals surface area contributed by atoms with Crippen LogP contribution in [0.15, 0.2) is 83.9 Å². The summed E-state index contributed by atoms with van der Waals surface area (Å²) in [7, 11) is 0. The smallest absolute Gasteiger partial charge is 0.0630 e. The molecule has 0 spiro atoms. The van der Waals surface area contributed by atoms with Gasteiger partial charge in [-0.1, -0.05) is 46.9 Å². The van der Waals surface area contributed by atoms with Gasteiger partial charge in [-0.25, -0.2) is 0 Å². The number of nitrogens with zero attached hydrogens (tertiary/aromatic N) is 1. The highest BCUT2D eigenvalue weighted by atomic mass is 35.5. The molecule has 0 saturated heterocycles. The third kappa shape index (κ3) is 5.37. The summed E-state index contributed by atoms with van der Waals surface area (Å²) < 4.78 is 0. The van der Waals surface area contributed by atoms with Crippen molar-refractivity contribution in [3.63, 3.8) is 0 Å². The van der Waals surface area contributed by atoms with E-state index in [0.717, 1.165) is 22.6 Å². The average molecular weight is 402 g/mol. The van der Waals surface area contributed by atoms with E-state index >= 15 is 0 Å². The molecule has 0 aliphatic heterocycles. The van der Waals surface area contributed by atoms with Crippen molar-refractivity contribution < 1.29 is 0 Å². The van der Waals surface area contributed by atoms with E-state index in [1.807, 2.05) is 78.9 Å². The fraction of sp³-hybridized carbons (Fsp3) is 0. The van der Waals surface area contributed by atoms with Crippen molar-refractivity contribution in [3.05, 3.63) is 99.5 Å². The molecule has 3 aromatic rings. The van der Waals surface area contributed by atoms with Crippen molar-refractivity contribution in [3.8, 4) is 0 Å². The highest BCUT2D eigenvalue weighted by molar-refractivity contribution is 6.31. The van der Waals surface area contributed by atoms with Crippen LogP contribution in [0.2, 0.25) is 15.1 Å². The molecule has 0 fully saturated rings. The summed E-state index contributed by atoms with van der Waals surface area (Å²) in [6, 6.07) is 22.5. The van der Waals surface area contributed by atoms with Crippen LogP contribution in [0.3, 0.4) is 0 Å². The number of hydrogen-bond acceptors (Lipinski definition) is 2. The Morgan fingerprint density at radius 2 is 1.19 bits per heavy atom. The van der Waals surface area contributed by atoms with Crippen LogP contribution in [0.4, 0.5) is 11.4 Å². The van der Waals surface area contributed by atoms with Gasteiger partial charge in [0.05, 0.1) is 5.69 Å². The Morgan fingerprint density at radius 3 is 1.77 bits per heavy atom. The van der Waals surface area contributed by atoms with Crippen molar-refractivity contribution in [2.24, 2.45) is 4.99 Å². The molecule has 0 unspecified atom stereocenters. The van der Waals surface area contributed by atoms with Crippen LogP contribution in [0, 0.1) is 0 Å². The Kier molecular flexibility index (Phi) is 6.35. The van der Waals surface area contributed by atoms with Gasteiger partial charge in [0.25, 0.3) is 0 Å². The second-order valence-corrected chi connectivity index (χ2v) is 6.78. The Bertz CT molecular complexity index is 913. The van der Waals surface area contributed by atoms with E-state index in [9.17, 15) is 0 Å². The lowest BCUT2D eigenvalue weighted by molar-refractivity contribution is 1.52. The number of halogens is 3. The van der Waals surface area contributed by atoms with Crippen LogP contribution in [0.1, 0.15) is 5.56 Å². The predicted molar refractivity (Wildman–Crippen MR) is 114 cm³/mol. The third-order valence-corrected chi connectivity index (χ3v) is 4.33. The highest BCUT2D eigenvalue weighted by Gasteiger charge is 2.02. The number of allylic oxidation sites excluding steroid dienone is 1. The van der Waals surface area contributed by atoms with Crippen molar-refractivity contribution >= 4 is 58.1 Å². The molecule has 0 atom stereocenters. The maximum atomic E-state index is 6.00. The molecule has 3 aromatic carbocycles. The average Bonchev–Trinajstić information content (AvgIpc) is 2.65. The number of hydrogen-bond donors (Lipinski definition) is 1. The minimum absolute atomic E-state index is 0.686. The highest BCUT2D eigenvalue weighted by Crippen LogP contribution is 2.22. The number of nitrogens with one attached hydrogen (secondary N) is 1. The first-order valence-electron chi connectivity index (χ1n) is 7.88. The zero-order valence-corrected chi connectivity index (χ0v) is 15.9. The molecule has 0 bridgehead atoms. The first-order chi connectivity index (χ1) is 12.6. The molecule has 130 valence electrons. The number of rotatable bonds is 5. The monoisotopic (exact) mass is 400 g/mol. The largest absolute Gasteiger partial charge is 0.355 e. The van der Waals surface area contributed by atoms with Crippen LogP contribution in [-0.2, 0) is 0 Å². The van der Waals surface area contributed by atoms with Crippen molar-refractivity contribution in [1.82, 2.24) is 0 Å². The maximum absolute atomic E-state index is 6.00. The van der Waals surface area contributed by atoms with Gasteiger partial charge in [-0.2, -0.15) is 0 Å². The van der Waals surface area contributed by atoms with E-state index in [1.165, 1.54) is 0 Å². The van der Waals surface area contributed by atoms with E-state index in [2.05, 4.69) is 10.3 Å². The van der Waals surface area contributed by atoms with Gasteiger partial charge < -0.3 is 5.32 Å². The summed E-state index contributed by atoms with van der Waals surface area (Å²) in [5.74, 6) is 0. The van der Waals surface area contributed by atoms with Crippen LogP contribution in [-0.4, -0.2) is 6.21 Å². The van der Waals surface area contributed by atoms with Crippen LogP contribution < -0.4 is 5.32 Å². The maximum Gasteiger partial charge on any atom is 0.0630 e. The molecule has 0 heterocycles. The lowest BCUT2D eigenvalue weighted by atomic mass is 10.1. The fourth-order valence-electron chi connectivity index (χ4n) is 2.25. The van der Waals surface area contributed by atoms with Crippen molar-refractivity contribution in [2.75, 3.05) is 5.32 Å². The number of benzene rings is 3. The van der Waals surface area contributed by atoms with E-state index in [-0.39, 0.29) is 0 Å². The molecule has 0 saturated carbocycles. The Balaban J connectivity index is 1.87. The second kappa shape index (κ2) is 8.91. The first-order valence-corrected chi connectivity index (χ1v) is 9.02. The third-order valence-electron chi connectivity index (χ3n) is 3.57. The lowest BCUT2D eigenvalue weighted by Crippen LogP contribution is -1.99. The number of aliphatic imine (C=N–C) groups is 1. The standard InChI is InChI=1S/C21H15Cl3N2/c22-16-3-1-15(2-4-16)21(26-20-11-7-18(24)8-12-20)13-14-25-19-9-5-17(23)6-10-19/h1-14,26H. The van der Waals surface area contributed by atoms with Gasteiger partial charge in [-0.05, 0) is 72.3 Å². The molecule has 0 aliphatic rings. The summed E-state index contributed by atoms with van der Waals surface area (Å²) >= 11 is 17.9. The summed E-state index contributed by atoms with van der Waals surface area (Å²) in [6.45, 7) is 0. The zero-order valence-electron chi connectivity index (χ0n) is 13.7. The molecule has 2 nitrogen and oxygen atoms in total. The van der Waals surface area contributed by atoms with Crippen molar-refractivity contribution in [1.29, 1.82) is 0 Å². The molecule has 0 aliphatic carbocycles. The van der Waals surface area contributed by atoms with E-state index in [4.69, 9.17) is 34.8 Å². The molecule has 0 aromatic heterocycles. The van der Waals surface area contributed by atoms with Gasteiger partial charge >= 0.3 is 0 Å². The van der Waals surface area contributed by atoms with Gasteiger partial charge in [0.1, 0.15) is 0 Å². The van der Waals surface area contributed by atoms with Gasteiger partial charge in [0, 0.05) is 32.7 Å². The van der Waals surface area contributed by atoms with Crippen LogP contribution >= 0.6 is 34.8 Å². The van der Waals surface area contributed by atoms with E-state index < -0.39 is 0 Å². The van der Waals surface area contributed by atoms with Crippen LogP contribution in [0.5, 0.6) is 0 Å². The van der Waals surface area contributed by atoms with E-state index in [0.29, 0.717) is 15.1 Å². The molecular weight excluding hydrogens is 387 g/mol. The zero-order chi connectivity index (χ0) is 18.4. The van der Waals surface area contributed by atoms with Gasteiger partial charge in [-0.15, -0.1) is 0 Å². The quantitative estimate of drug-likeness (QED) is 0.440. The molecule has 5 heteroatoms. The van der Waals surface area contributed by atoms with Gasteiger partial charge in [0.2, 0.25) is 0 Å². The second-order valence-electron chi connectivity index (χ2n) is 5.47. The summed E-state index contributed by atoms with van der Waals surface area (Å²) in [6.07, 6.45) is 3.66. The minimum atomic E-state index is 0.686. The molecule has 26 heavy (non-hydrogen) atoms. The fourth-order valence-corrected chi connectivity index (χ4v) is 2.63. The molecular formula is C21H15Cl3N2. The van der Waals surface area contributed by atoms with E-state index in [1.54, 1.807) is 6.21 Å². The van der Waals surface area contributed by atoms with Crippen LogP contribution in [0.25, 0.3) is 5.70 Å². The molecule has 0 radical (unpaired) electrons. The van der Waals surface area contributed by atoms with Gasteiger partial charge in [0.15, 0.2) is 0 Å². The summed E-state index contributed by atoms with van der Waals surface area (Å²) in [5.41, 5.74) is 3.64. The molecule has 3 rings (SSSR count). The van der Waals surface area contributed by atoms with Crippen molar-refractivity contribution in [2.45, 2.75) is 0 Å². The minimum Gasteiger partial charge on any atom is -0.355 e. The summed E-state index contributed by atoms with van der Waals surface area (Å²) in [5, 5.41) is 5.45. The first kappa shape index (κ1) is 18.5. The Morgan fingerprint density at radius 1 is 0.692 bits per heavy atom. The summed E-state index contributed by atoms with van der Waals surface area (Å²) in [4.78, 5) is 4.44. The normalized spacial score (nSPS) is 11.7. The predicted octanol–water partition coefficient (Wildman–Crippen LogP) is 7.50. The Hall–Kier alpha value is -2.26. The molecule has 1 N–H and O–H groups in total. The lowest BCUT2D eigenvalue weighted by Gasteiger charge is -2.11. The van der Waals surface area contributed by atoms with Gasteiger partial charge in [-0.3, -0.25) is 4.99 Å². The topological polar surface area (TPSA) is 24.4 Å².